The second kappa shape index (κ2) is 3.35. The molecule has 0 aliphatic carbocycles. The highest BCUT2D eigenvalue weighted by atomic mass is 35.5. The molecular formula is C10H10ClN3. The number of aromatic nitrogens is 2. The summed E-state index contributed by atoms with van der Waals surface area (Å²) < 4.78 is 1.69. The van der Waals surface area contributed by atoms with Crippen LogP contribution in [0.1, 0.15) is 5.69 Å². The maximum atomic E-state index is 5.91. The summed E-state index contributed by atoms with van der Waals surface area (Å²) in [4.78, 5) is 0. The molecule has 14 heavy (non-hydrogen) atoms. The zero-order valence-corrected chi connectivity index (χ0v) is 8.49. The Labute approximate surface area is 87.1 Å². The van der Waals surface area contributed by atoms with Crippen LogP contribution in [0.3, 0.4) is 0 Å². The van der Waals surface area contributed by atoms with Crippen LogP contribution in [0.4, 0.5) is 5.69 Å². The summed E-state index contributed by atoms with van der Waals surface area (Å²) in [6.45, 7) is 1.86. The molecule has 72 valence electrons. The van der Waals surface area contributed by atoms with Gasteiger partial charge in [0.15, 0.2) is 0 Å². The lowest BCUT2D eigenvalue weighted by Gasteiger charge is -2.03. The van der Waals surface area contributed by atoms with Crippen molar-refractivity contribution in [2.45, 2.75) is 6.92 Å². The molecule has 0 aliphatic heterocycles. The Hall–Kier alpha value is -1.48. The molecule has 3 nitrogen and oxygen atoms in total. The van der Waals surface area contributed by atoms with Gasteiger partial charge < -0.3 is 5.73 Å². The maximum absolute atomic E-state index is 5.91. The number of nitrogens with zero attached hydrogens (tertiary/aromatic N) is 2. The van der Waals surface area contributed by atoms with Crippen molar-refractivity contribution in [2.24, 2.45) is 0 Å². The Morgan fingerprint density at radius 2 is 2.07 bits per heavy atom. The van der Waals surface area contributed by atoms with Crippen LogP contribution in [0, 0.1) is 6.92 Å². The van der Waals surface area contributed by atoms with Gasteiger partial charge in [0.25, 0.3) is 0 Å². The Morgan fingerprint density at radius 1 is 1.36 bits per heavy atom. The number of hydrogen-bond donors (Lipinski definition) is 1. The van der Waals surface area contributed by atoms with Gasteiger partial charge in [-0.2, -0.15) is 5.10 Å². The predicted octanol–water partition coefficient (Wildman–Crippen LogP) is 2.42. The molecule has 0 atom stereocenters. The minimum Gasteiger partial charge on any atom is -0.397 e. The van der Waals surface area contributed by atoms with E-state index in [1.165, 1.54) is 0 Å². The van der Waals surface area contributed by atoms with E-state index in [4.69, 9.17) is 17.3 Å². The van der Waals surface area contributed by atoms with Gasteiger partial charge in [-0.3, -0.25) is 0 Å². The van der Waals surface area contributed by atoms with E-state index in [2.05, 4.69) is 5.10 Å². The van der Waals surface area contributed by atoms with Crippen LogP contribution in [0.5, 0.6) is 0 Å². The highest BCUT2D eigenvalue weighted by Gasteiger charge is 2.05. The third-order valence-corrected chi connectivity index (χ3v) is 2.39. The molecule has 4 heteroatoms. The number of para-hydroxylation sites is 2. The zero-order valence-electron chi connectivity index (χ0n) is 7.74. The fourth-order valence-corrected chi connectivity index (χ4v) is 1.39. The van der Waals surface area contributed by atoms with Gasteiger partial charge >= 0.3 is 0 Å². The van der Waals surface area contributed by atoms with E-state index in [1.54, 1.807) is 10.9 Å². The fourth-order valence-electron chi connectivity index (χ4n) is 1.26. The average molecular weight is 208 g/mol. The van der Waals surface area contributed by atoms with Gasteiger partial charge in [-0.15, -0.1) is 0 Å². The van der Waals surface area contributed by atoms with Gasteiger partial charge in [-0.05, 0) is 19.1 Å². The van der Waals surface area contributed by atoms with Crippen LogP contribution < -0.4 is 5.73 Å². The van der Waals surface area contributed by atoms with Crippen molar-refractivity contribution in [3.8, 4) is 5.69 Å². The molecule has 0 aliphatic rings. The first-order chi connectivity index (χ1) is 6.68. The van der Waals surface area contributed by atoms with Crippen molar-refractivity contribution < 1.29 is 0 Å². The number of nitrogen functional groups attached to an aromatic ring is 1. The Morgan fingerprint density at radius 3 is 2.64 bits per heavy atom. The highest BCUT2D eigenvalue weighted by molar-refractivity contribution is 6.31. The second-order valence-electron chi connectivity index (χ2n) is 3.07. The lowest BCUT2D eigenvalue weighted by molar-refractivity contribution is 0.865. The summed E-state index contributed by atoms with van der Waals surface area (Å²) in [5.74, 6) is 0. The minimum absolute atomic E-state index is 0.647. The number of halogens is 1. The van der Waals surface area contributed by atoms with Gasteiger partial charge in [-0.1, -0.05) is 23.7 Å². The minimum atomic E-state index is 0.647. The van der Waals surface area contributed by atoms with Crippen molar-refractivity contribution >= 4 is 17.3 Å². The highest BCUT2D eigenvalue weighted by Crippen LogP contribution is 2.19. The first-order valence-electron chi connectivity index (χ1n) is 4.25. The lowest BCUT2D eigenvalue weighted by atomic mass is 10.3. The molecule has 0 amide bonds. The fraction of sp³-hybridized carbons (Fsp3) is 0.100. The molecule has 0 saturated carbocycles. The average Bonchev–Trinajstić information content (AvgIpc) is 2.48. The van der Waals surface area contributed by atoms with E-state index >= 15 is 0 Å². The molecule has 2 aromatic rings. The molecule has 1 heterocycles. The third kappa shape index (κ3) is 1.46. The normalized spacial score (nSPS) is 10.4. The van der Waals surface area contributed by atoms with Crippen LogP contribution in [-0.2, 0) is 0 Å². The Balaban J connectivity index is 2.55. The summed E-state index contributed by atoms with van der Waals surface area (Å²) in [5.41, 5.74) is 8.15. The summed E-state index contributed by atoms with van der Waals surface area (Å²) in [6.07, 6.45) is 1.75. The maximum Gasteiger partial charge on any atom is 0.0875 e. The van der Waals surface area contributed by atoms with Crippen LogP contribution in [0.25, 0.3) is 5.69 Å². The number of anilines is 1. The summed E-state index contributed by atoms with van der Waals surface area (Å²) >= 11 is 5.91. The molecule has 2 rings (SSSR count). The monoisotopic (exact) mass is 207 g/mol. The number of benzene rings is 1. The van der Waals surface area contributed by atoms with E-state index in [0.29, 0.717) is 10.7 Å². The van der Waals surface area contributed by atoms with E-state index in [0.717, 1.165) is 11.4 Å². The van der Waals surface area contributed by atoms with E-state index < -0.39 is 0 Å². The van der Waals surface area contributed by atoms with Crippen molar-refractivity contribution in [3.63, 3.8) is 0 Å². The Bertz CT molecular complexity index is 443. The molecule has 1 aromatic heterocycles. The van der Waals surface area contributed by atoms with Gasteiger partial charge in [0.05, 0.1) is 22.1 Å². The van der Waals surface area contributed by atoms with Crippen molar-refractivity contribution in [2.75, 3.05) is 5.73 Å². The molecule has 1 aromatic carbocycles. The van der Waals surface area contributed by atoms with Gasteiger partial charge in [0, 0.05) is 6.20 Å². The Kier molecular flexibility index (Phi) is 2.17. The van der Waals surface area contributed by atoms with Crippen molar-refractivity contribution in [3.05, 3.63) is 41.2 Å². The molecule has 0 spiro atoms. The predicted molar refractivity (Wildman–Crippen MR) is 57.7 cm³/mol. The first-order valence-corrected chi connectivity index (χ1v) is 4.63. The molecule has 0 unspecified atom stereocenters. The standard InChI is InChI=1S/C10H10ClN3/c1-7-8(11)6-14(13-7)10-5-3-2-4-9(10)12/h2-6H,12H2,1H3. The smallest absolute Gasteiger partial charge is 0.0875 e. The number of rotatable bonds is 1. The van der Waals surface area contributed by atoms with E-state index in [-0.39, 0.29) is 0 Å². The molecule has 0 bridgehead atoms. The summed E-state index contributed by atoms with van der Waals surface area (Å²) in [7, 11) is 0. The van der Waals surface area contributed by atoms with Crippen molar-refractivity contribution in [1.82, 2.24) is 9.78 Å². The quantitative estimate of drug-likeness (QED) is 0.730. The summed E-state index contributed by atoms with van der Waals surface area (Å²) in [6, 6.07) is 7.53. The number of nitrogens with two attached hydrogens (primary N) is 1. The topological polar surface area (TPSA) is 43.8 Å². The van der Waals surface area contributed by atoms with Gasteiger partial charge in [0.1, 0.15) is 0 Å². The molecule has 0 fully saturated rings. The van der Waals surface area contributed by atoms with Crippen LogP contribution in [0.2, 0.25) is 5.02 Å². The SMILES string of the molecule is Cc1nn(-c2ccccc2N)cc1Cl. The van der Waals surface area contributed by atoms with Crippen LogP contribution >= 0.6 is 11.6 Å². The second-order valence-corrected chi connectivity index (χ2v) is 3.47. The van der Waals surface area contributed by atoms with Crippen molar-refractivity contribution in [1.29, 1.82) is 0 Å². The van der Waals surface area contributed by atoms with E-state index in [1.807, 2.05) is 31.2 Å². The van der Waals surface area contributed by atoms with Gasteiger partial charge in [0.2, 0.25) is 0 Å². The largest absolute Gasteiger partial charge is 0.397 e. The summed E-state index contributed by atoms with van der Waals surface area (Å²) in [5, 5.41) is 4.89. The zero-order chi connectivity index (χ0) is 10.1. The molecule has 2 N–H and O–H groups in total. The van der Waals surface area contributed by atoms with Crippen LogP contribution in [0.15, 0.2) is 30.5 Å². The third-order valence-electron chi connectivity index (χ3n) is 2.02. The van der Waals surface area contributed by atoms with Gasteiger partial charge in [-0.25, -0.2) is 4.68 Å². The van der Waals surface area contributed by atoms with Crippen LogP contribution in [-0.4, -0.2) is 9.78 Å². The first kappa shape index (κ1) is 9.09. The molecule has 0 radical (unpaired) electrons. The molecule has 0 saturated heterocycles. The molecular weight excluding hydrogens is 198 g/mol. The number of hydrogen-bond acceptors (Lipinski definition) is 2. The lowest BCUT2D eigenvalue weighted by Crippen LogP contribution is -1.99. The number of aryl methyl sites for hydroxylation is 1. The van der Waals surface area contributed by atoms with E-state index in [9.17, 15) is 0 Å².